The number of rotatable bonds is 4. The molecule has 2 aromatic rings. The SMILES string of the molecule is COC(=O)c1nccc(Oc2ccc(Br)cc2C(C)C)n1. The fourth-order valence-electron chi connectivity index (χ4n) is 1.76. The minimum absolute atomic E-state index is 0.0294. The Balaban J connectivity index is 2.32. The molecule has 5 nitrogen and oxygen atoms in total. The van der Waals surface area contributed by atoms with E-state index in [2.05, 4.69) is 44.5 Å². The Bertz CT molecular complexity index is 659. The van der Waals surface area contributed by atoms with Gasteiger partial charge in [-0.2, -0.15) is 4.98 Å². The second kappa shape index (κ2) is 6.67. The van der Waals surface area contributed by atoms with Crippen LogP contribution in [0, 0.1) is 0 Å². The first-order valence-electron chi connectivity index (χ1n) is 6.40. The highest BCUT2D eigenvalue weighted by Crippen LogP contribution is 2.32. The molecule has 0 N–H and O–H groups in total. The third kappa shape index (κ3) is 3.78. The number of halogens is 1. The predicted molar refractivity (Wildman–Crippen MR) is 81.7 cm³/mol. The van der Waals surface area contributed by atoms with E-state index in [1.165, 1.54) is 13.3 Å². The second-order valence-corrected chi connectivity index (χ2v) is 5.56. The lowest BCUT2D eigenvalue weighted by molar-refractivity contribution is 0.0585. The number of aromatic nitrogens is 2. The van der Waals surface area contributed by atoms with Crippen LogP contribution in [0.3, 0.4) is 0 Å². The van der Waals surface area contributed by atoms with Gasteiger partial charge in [-0.05, 0) is 29.7 Å². The fraction of sp³-hybridized carbons (Fsp3) is 0.267. The Morgan fingerprint density at radius 1 is 1.29 bits per heavy atom. The van der Waals surface area contributed by atoms with Gasteiger partial charge in [-0.15, -0.1) is 0 Å². The zero-order valence-electron chi connectivity index (χ0n) is 12.0. The molecule has 0 saturated carbocycles. The number of benzene rings is 1. The number of nitrogens with zero attached hydrogens (tertiary/aromatic N) is 2. The summed E-state index contributed by atoms with van der Waals surface area (Å²) < 4.78 is 11.4. The average molecular weight is 351 g/mol. The summed E-state index contributed by atoms with van der Waals surface area (Å²) in [5, 5.41) is 0. The molecule has 110 valence electrons. The highest BCUT2D eigenvalue weighted by Gasteiger charge is 2.13. The highest BCUT2D eigenvalue weighted by molar-refractivity contribution is 9.10. The molecular formula is C15H15BrN2O3. The number of methoxy groups -OCH3 is 1. The number of hydrogen-bond donors (Lipinski definition) is 0. The van der Waals surface area contributed by atoms with Crippen LogP contribution < -0.4 is 4.74 Å². The summed E-state index contributed by atoms with van der Waals surface area (Å²) in [6.07, 6.45) is 1.46. The van der Waals surface area contributed by atoms with Gasteiger partial charge in [-0.3, -0.25) is 0 Å². The van der Waals surface area contributed by atoms with E-state index in [-0.39, 0.29) is 5.82 Å². The molecule has 0 aliphatic heterocycles. The van der Waals surface area contributed by atoms with Crippen LogP contribution in [0.15, 0.2) is 34.9 Å². The molecule has 1 heterocycles. The van der Waals surface area contributed by atoms with Gasteiger partial charge in [0.15, 0.2) is 0 Å². The molecule has 6 heteroatoms. The molecule has 1 aromatic heterocycles. The molecule has 0 amide bonds. The molecule has 0 saturated heterocycles. The Hall–Kier alpha value is -1.95. The van der Waals surface area contributed by atoms with Gasteiger partial charge in [-0.1, -0.05) is 29.8 Å². The predicted octanol–water partition coefficient (Wildman–Crippen LogP) is 3.94. The normalized spacial score (nSPS) is 10.5. The van der Waals surface area contributed by atoms with Crippen LogP contribution in [-0.2, 0) is 4.74 Å². The Morgan fingerprint density at radius 2 is 2.05 bits per heavy atom. The van der Waals surface area contributed by atoms with Crippen molar-refractivity contribution >= 4 is 21.9 Å². The lowest BCUT2D eigenvalue weighted by Gasteiger charge is -2.13. The number of ether oxygens (including phenoxy) is 2. The van der Waals surface area contributed by atoms with Gasteiger partial charge in [0, 0.05) is 16.7 Å². The first-order chi connectivity index (χ1) is 10.0. The van der Waals surface area contributed by atoms with Crippen LogP contribution in [-0.4, -0.2) is 23.0 Å². The van der Waals surface area contributed by atoms with Crippen molar-refractivity contribution in [3.63, 3.8) is 0 Å². The molecule has 0 atom stereocenters. The average Bonchev–Trinajstić information content (AvgIpc) is 2.48. The van der Waals surface area contributed by atoms with Crippen molar-refractivity contribution in [1.29, 1.82) is 0 Å². The van der Waals surface area contributed by atoms with Crippen LogP contribution in [0.2, 0.25) is 0 Å². The van der Waals surface area contributed by atoms with Gasteiger partial charge in [0.1, 0.15) is 5.75 Å². The van der Waals surface area contributed by atoms with Gasteiger partial charge in [0.05, 0.1) is 7.11 Å². The molecule has 0 spiro atoms. The van der Waals surface area contributed by atoms with Crippen LogP contribution in [0.1, 0.15) is 35.9 Å². The van der Waals surface area contributed by atoms with E-state index >= 15 is 0 Å². The van der Waals surface area contributed by atoms with Crippen molar-refractivity contribution in [2.75, 3.05) is 7.11 Å². The van der Waals surface area contributed by atoms with E-state index in [0.29, 0.717) is 17.5 Å². The summed E-state index contributed by atoms with van der Waals surface area (Å²) in [6, 6.07) is 7.35. The van der Waals surface area contributed by atoms with Crippen LogP contribution >= 0.6 is 15.9 Å². The fourth-order valence-corrected chi connectivity index (χ4v) is 2.14. The van der Waals surface area contributed by atoms with Gasteiger partial charge >= 0.3 is 5.97 Å². The molecule has 0 aliphatic rings. The van der Waals surface area contributed by atoms with Crippen molar-refractivity contribution < 1.29 is 14.3 Å². The van der Waals surface area contributed by atoms with Crippen molar-refractivity contribution in [1.82, 2.24) is 9.97 Å². The summed E-state index contributed by atoms with van der Waals surface area (Å²) in [7, 11) is 1.28. The minimum atomic E-state index is -0.597. The van der Waals surface area contributed by atoms with Crippen molar-refractivity contribution in [3.8, 4) is 11.6 Å². The maximum absolute atomic E-state index is 11.4. The van der Waals surface area contributed by atoms with Gasteiger partial charge in [-0.25, -0.2) is 9.78 Å². The van der Waals surface area contributed by atoms with Gasteiger partial charge in [0.25, 0.3) is 0 Å². The Labute approximate surface area is 131 Å². The summed E-state index contributed by atoms with van der Waals surface area (Å²) >= 11 is 3.45. The number of hydrogen-bond acceptors (Lipinski definition) is 5. The number of esters is 1. The van der Waals surface area contributed by atoms with Crippen molar-refractivity contribution in [3.05, 3.63) is 46.3 Å². The smallest absolute Gasteiger partial charge is 0.376 e. The van der Waals surface area contributed by atoms with E-state index < -0.39 is 5.97 Å². The zero-order valence-corrected chi connectivity index (χ0v) is 13.5. The molecule has 1 aromatic carbocycles. The molecule has 0 aliphatic carbocycles. The summed E-state index contributed by atoms with van der Waals surface area (Å²) in [5.41, 5.74) is 1.04. The zero-order chi connectivity index (χ0) is 15.4. The summed E-state index contributed by atoms with van der Waals surface area (Å²) in [5.74, 6) is 0.662. The quantitative estimate of drug-likeness (QED) is 0.781. The highest BCUT2D eigenvalue weighted by atomic mass is 79.9. The van der Waals surface area contributed by atoms with Crippen LogP contribution in [0.5, 0.6) is 11.6 Å². The molecule has 0 fully saturated rings. The standard InChI is InChI=1S/C15H15BrN2O3/c1-9(2)11-8-10(16)4-5-12(11)21-13-6-7-17-14(18-13)15(19)20-3/h4-9H,1-3H3. The van der Waals surface area contributed by atoms with Crippen molar-refractivity contribution in [2.24, 2.45) is 0 Å². The molecule has 21 heavy (non-hydrogen) atoms. The molecular weight excluding hydrogens is 336 g/mol. The minimum Gasteiger partial charge on any atom is -0.463 e. The Morgan fingerprint density at radius 3 is 2.71 bits per heavy atom. The molecule has 2 rings (SSSR count). The van der Waals surface area contributed by atoms with E-state index in [4.69, 9.17) is 4.74 Å². The van der Waals surface area contributed by atoms with Gasteiger partial charge < -0.3 is 9.47 Å². The molecule has 0 bridgehead atoms. The van der Waals surface area contributed by atoms with Gasteiger partial charge in [0.2, 0.25) is 11.7 Å². The first-order valence-corrected chi connectivity index (χ1v) is 7.19. The van der Waals surface area contributed by atoms with Crippen LogP contribution in [0.4, 0.5) is 0 Å². The largest absolute Gasteiger partial charge is 0.463 e. The topological polar surface area (TPSA) is 61.3 Å². The summed E-state index contributed by atoms with van der Waals surface area (Å²) in [6.45, 7) is 4.16. The van der Waals surface area contributed by atoms with E-state index in [9.17, 15) is 4.79 Å². The number of carbonyl (C=O) groups is 1. The lowest BCUT2D eigenvalue weighted by Crippen LogP contribution is -2.07. The van der Waals surface area contributed by atoms with E-state index in [0.717, 1.165) is 10.0 Å². The number of carbonyl (C=O) groups excluding carboxylic acids is 1. The monoisotopic (exact) mass is 350 g/mol. The second-order valence-electron chi connectivity index (χ2n) is 4.65. The summed E-state index contributed by atoms with van der Waals surface area (Å²) in [4.78, 5) is 19.3. The third-order valence-electron chi connectivity index (χ3n) is 2.81. The van der Waals surface area contributed by atoms with E-state index in [1.54, 1.807) is 6.07 Å². The third-order valence-corrected chi connectivity index (χ3v) is 3.30. The maximum atomic E-state index is 11.4. The van der Waals surface area contributed by atoms with Crippen molar-refractivity contribution in [2.45, 2.75) is 19.8 Å². The molecule has 0 radical (unpaired) electrons. The first kappa shape index (κ1) is 15.4. The lowest BCUT2D eigenvalue weighted by atomic mass is 10.0. The molecule has 0 unspecified atom stereocenters. The maximum Gasteiger partial charge on any atom is 0.376 e. The van der Waals surface area contributed by atoms with E-state index in [1.807, 2.05) is 18.2 Å². The Kier molecular flexibility index (Phi) is 4.90. The van der Waals surface area contributed by atoms with Crippen LogP contribution in [0.25, 0.3) is 0 Å².